The van der Waals surface area contributed by atoms with E-state index >= 15 is 0 Å². The van der Waals surface area contributed by atoms with Gasteiger partial charge >= 0.3 is 122 Å². The third-order valence-corrected chi connectivity index (χ3v) is 17.7. The van der Waals surface area contributed by atoms with Crippen LogP contribution < -0.4 is 0 Å². The Labute approximate surface area is 122 Å². The molecule has 0 fully saturated rings. The Morgan fingerprint density at radius 2 is 1.26 bits per heavy atom. The van der Waals surface area contributed by atoms with Gasteiger partial charge in [0.1, 0.15) is 0 Å². The van der Waals surface area contributed by atoms with Crippen molar-refractivity contribution in [2.45, 2.75) is 52.7 Å². The Kier molecular flexibility index (Phi) is 5.15. The summed E-state index contributed by atoms with van der Waals surface area (Å²) < 4.78 is 15.8. The first-order chi connectivity index (χ1) is 9.04. The summed E-state index contributed by atoms with van der Waals surface area (Å²) in [5.41, 5.74) is 0. The molecule has 2 nitrogen and oxygen atoms in total. The molecule has 2 aliphatic carbocycles. The number of allylic oxidation sites excluding steroid dienone is 8. The van der Waals surface area contributed by atoms with E-state index < -0.39 is 20.8 Å². The zero-order chi connectivity index (χ0) is 13.9. The number of hydrogen-bond acceptors (Lipinski definition) is 2. The van der Waals surface area contributed by atoms with E-state index in [4.69, 9.17) is 5.71 Å². The average Bonchev–Trinajstić information content (AvgIpc) is 3.01. The van der Waals surface area contributed by atoms with Crippen LogP contribution in [0.5, 0.6) is 0 Å². The second kappa shape index (κ2) is 6.47. The molecule has 0 amide bonds. The number of hydrogen-bond donors (Lipinski definition) is 0. The first-order valence-corrected chi connectivity index (χ1v) is 13.6. The van der Waals surface area contributed by atoms with Crippen molar-refractivity contribution in [3.05, 3.63) is 43.1 Å². The summed E-state index contributed by atoms with van der Waals surface area (Å²) in [5.74, 6) is 0. The molecule has 0 aromatic heterocycles. The van der Waals surface area contributed by atoms with E-state index in [1.54, 1.807) is 0 Å². The molecular formula is C16H24HfO2. The molecule has 0 radical (unpaired) electrons. The third-order valence-electron chi connectivity index (χ3n) is 3.19. The first kappa shape index (κ1) is 15.1. The van der Waals surface area contributed by atoms with Crippen molar-refractivity contribution in [1.29, 1.82) is 0 Å². The van der Waals surface area contributed by atoms with Crippen LogP contribution in [0.3, 0.4) is 0 Å². The van der Waals surface area contributed by atoms with E-state index in [-0.39, 0.29) is 12.2 Å². The van der Waals surface area contributed by atoms with Crippen molar-refractivity contribution < 1.29 is 26.6 Å². The molecule has 0 saturated carbocycles. The molecule has 0 N–H and O–H groups in total. The summed E-state index contributed by atoms with van der Waals surface area (Å²) in [6.45, 7) is 8.46. The minimum atomic E-state index is -3.51. The van der Waals surface area contributed by atoms with E-state index in [1.807, 2.05) is 0 Å². The molecular weight excluding hydrogens is 403 g/mol. The monoisotopic (exact) mass is 428 g/mol. The first-order valence-electron chi connectivity index (χ1n) is 7.12. The minimum absolute atomic E-state index is 0.211. The Bertz CT molecular complexity index is 400. The van der Waals surface area contributed by atoms with Crippen LogP contribution in [0.2, 0.25) is 0 Å². The Balaban J connectivity index is 2.37. The van der Waals surface area contributed by atoms with Crippen molar-refractivity contribution in [2.75, 3.05) is 0 Å². The van der Waals surface area contributed by atoms with Crippen molar-refractivity contribution in [3.8, 4) is 0 Å². The van der Waals surface area contributed by atoms with Gasteiger partial charge in [-0.2, -0.15) is 0 Å². The second-order valence-electron chi connectivity index (χ2n) is 5.60. The van der Waals surface area contributed by atoms with Crippen LogP contribution >= 0.6 is 0 Å². The van der Waals surface area contributed by atoms with Crippen LogP contribution in [0.25, 0.3) is 0 Å². The third kappa shape index (κ3) is 3.45. The van der Waals surface area contributed by atoms with Gasteiger partial charge < -0.3 is 0 Å². The predicted octanol–water partition coefficient (Wildman–Crippen LogP) is 4.51. The molecule has 3 heteroatoms. The van der Waals surface area contributed by atoms with Gasteiger partial charge in [0.15, 0.2) is 0 Å². The van der Waals surface area contributed by atoms with Crippen LogP contribution in [0, 0.1) is 0 Å². The normalized spacial score (nSPS) is 18.6. The molecule has 0 aromatic carbocycles. The zero-order valence-electron chi connectivity index (χ0n) is 12.3. The summed E-state index contributed by atoms with van der Waals surface area (Å²) in [6, 6.07) is 0. The Morgan fingerprint density at radius 1 is 0.842 bits per heavy atom. The summed E-state index contributed by atoms with van der Waals surface area (Å²) in [7, 11) is 0. The van der Waals surface area contributed by atoms with E-state index in [9.17, 15) is 0 Å². The summed E-state index contributed by atoms with van der Waals surface area (Å²) >= 11 is -3.51. The maximum absolute atomic E-state index is 6.50. The molecule has 0 saturated heterocycles. The quantitative estimate of drug-likeness (QED) is 0.582. The molecule has 0 aliphatic heterocycles. The van der Waals surface area contributed by atoms with Crippen molar-refractivity contribution in [1.82, 2.24) is 0 Å². The van der Waals surface area contributed by atoms with Crippen LogP contribution in [-0.4, -0.2) is 12.2 Å². The molecule has 2 aliphatic rings. The molecule has 104 valence electrons. The van der Waals surface area contributed by atoms with Crippen molar-refractivity contribution >= 4 is 0 Å². The summed E-state index contributed by atoms with van der Waals surface area (Å²) in [5, 5.41) is 0. The van der Waals surface area contributed by atoms with Crippen LogP contribution in [-0.2, 0) is 26.6 Å². The topological polar surface area (TPSA) is 18.5 Å². The molecule has 0 heterocycles. The fourth-order valence-corrected chi connectivity index (χ4v) is 16.3. The van der Waals surface area contributed by atoms with E-state index in [2.05, 4.69) is 64.2 Å². The van der Waals surface area contributed by atoms with E-state index in [0.717, 1.165) is 12.8 Å². The van der Waals surface area contributed by atoms with Crippen molar-refractivity contribution in [2.24, 2.45) is 0 Å². The SMILES string of the molecule is CC(C)[O][Hf]([O]C(C)C)([C]1=CC=CC1)[C]1=CC=CC1. The summed E-state index contributed by atoms with van der Waals surface area (Å²) in [4.78, 5) is 0. The fraction of sp³-hybridized carbons (Fsp3) is 0.500. The average molecular weight is 427 g/mol. The van der Waals surface area contributed by atoms with Gasteiger partial charge in [-0.05, 0) is 0 Å². The molecule has 2 rings (SSSR count). The molecule has 0 unspecified atom stereocenters. The van der Waals surface area contributed by atoms with Gasteiger partial charge in [0, 0.05) is 0 Å². The Hall–Kier alpha value is -0.250. The standard InChI is InChI=1S/2C5H5.2C3H7O.Hf/c2*1-2-4-5-3-1;2*1-3(2)4;/h2*1-3H,4H2;2*3H,1-2H3;/q;;2*-1;+2. The molecule has 0 atom stereocenters. The van der Waals surface area contributed by atoms with E-state index in [0.29, 0.717) is 0 Å². The van der Waals surface area contributed by atoms with Gasteiger partial charge in [0.25, 0.3) is 0 Å². The van der Waals surface area contributed by atoms with Crippen LogP contribution in [0.4, 0.5) is 0 Å². The van der Waals surface area contributed by atoms with Gasteiger partial charge in [0.05, 0.1) is 0 Å². The number of rotatable bonds is 6. The van der Waals surface area contributed by atoms with Gasteiger partial charge in [-0.1, -0.05) is 0 Å². The Morgan fingerprint density at radius 3 is 1.53 bits per heavy atom. The zero-order valence-corrected chi connectivity index (χ0v) is 15.9. The second-order valence-corrected chi connectivity index (χ2v) is 16.3. The molecule has 19 heavy (non-hydrogen) atoms. The van der Waals surface area contributed by atoms with Gasteiger partial charge in [0.2, 0.25) is 0 Å². The van der Waals surface area contributed by atoms with Gasteiger partial charge in [-0.25, -0.2) is 0 Å². The molecule has 0 bridgehead atoms. The van der Waals surface area contributed by atoms with Crippen LogP contribution in [0.15, 0.2) is 43.1 Å². The van der Waals surface area contributed by atoms with Gasteiger partial charge in [-0.15, -0.1) is 0 Å². The molecule has 0 spiro atoms. The molecule has 0 aromatic rings. The predicted molar refractivity (Wildman–Crippen MR) is 76.1 cm³/mol. The van der Waals surface area contributed by atoms with Crippen LogP contribution in [0.1, 0.15) is 40.5 Å². The van der Waals surface area contributed by atoms with Gasteiger partial charge in [-0.3, -0.25) is 0 Å². The van der Waals surface area contributed by atoms with Crippen molar-refractivity contribution in [3.63, 3.8) is 0 Å². The van der Waals surface area contributed by atoms with E-state index in [1.165, 1.54) is 6.66 Å². The fourth-order valence-electron chi connectivity index (χ4n) is 2.58. The maximum atomic E-state index is 6.50. The summed E-state index contributed by atoms with van der Waals surface area (Å²) in [6.07, 6.45) is 15.6.